The van der Waals surface area contributed by atoms with Gasteiger partial charge >= 0.3 is 0 Å². The van der Waals surface area contributed by atoms with Gasteiger partial charge in [-0.25, -0.2) is 4.98 Å². The largest absolute Gasteiger partial charge is 0.354 e. The van der Waals surface area contributed by atoms with Crippen LogP contribution >= 0.6 is 15.9 Å². The van der Waals surface area contributed by atoms with Crippen LogP contribution in [0.5, 0.6) is 0 Å². The van der Waals surface area contributed by atoms with Gasteiger partial charge in [-0.2, -0.15) is 9.97 Å². The average Bonchev–Trinajstić information content (AvgIpc) is 2.86. The number of benzene rings is 1. The van der Waals surface area contributed by atoms with Crippen molar-refractivity contribution in [3.8, 4) is 0 Å². The highest BCUT2D eigenvalue weighted by atomic mass is 79.9. The van der Waals surface area contributed by atoms with Gasteiger partial charge in [-0.15, -0.1) is 0 Å². The highest BCUT2D eigenvalue weighted by Gasteiger charge is 2.10. The van der Waals surface area contributed by atoms with Gasteiger partial charge in [-0.1, -0.05) is 15.9 Å². The van der Waals surface area contributed by atoms with E-state index in [1.807, 2.05) is 19.9 Å². The van der Waals surface area contributed by atoms with E-state index in [1.165, 1.54) is 0 Å². The van der Waals surface area contributed by atoms with E-state index in [1.54, 1.807) is 6.33 Å². The zero-order valence-electron chi connectivity index (χ0n) is 11.7. The number of anilines is 3. The summed E-state index contributed by atoms with van der Waals surface area (Å²) >= 11 is 3.50. The second-order valence-corrected chi connectivity index (χ2v) is 5.59. The molecule has 3 rings (SSSR count). The molecule has 0 fully saturated rings. The van der Waals surface area contributed by atoms with E-state index in [4.69, 9.17) is 0 Å². The van der Waals surface area contributed by atoms with Crippen molar-refractivity contribution in [2.24, 2.45) is 0 Å². The minimum atomic E-state index is 0.561. The summed E-state index contributed by atoms with van der Waals surface area (Å²) in [5, 5.41) is 6.43. The van der Waals surface area contributed by atoms with Crippen LogP contribution in [0.2, 0.25) is 0 Å². The van der Waals surface area contributed by atoms with Gasteiger partial charge in [0.25, 0.3) is 0 Å². The van der Waals surface area contributed by atoms with Crippen molar-refractivity contribution in [2.45, 2.75) is 13.8 Å². The van der Waals surface area contributed by atoms with Gasteiger partial charge in [0.1, 0.15) is 5.52 Å². The number of imidazole rings is 1. The van der Waals surface area contributed by atoms with Crippen LogP contribution in [0.3, 0.4) is 0 Å². The Labute approximate surface area is 130 Å². The van der Waals surface area contributed by atoms with Crippen molar-refractivity contribution in [3.63, 3.8) is 0 Å². The summed E-state index contributed by atoms with van der Waals surface area (Å²) in [6.45, 7) is 4.81. The third-order valence-corrected chi connectivity index (χ3v) is 3.38. The molecule has 2 heterocycles. The van der Waals surface area contributed by atoms with Crippen LogP contribution in [0, 0.1) is 6.92 Å². The van der Waals surface area contributed by atoms with Gasteiger partial charge in [-0.05, 0) is 37.6 Å². The third kappa shape index (κ3) is 2.97. The summed E-state index contributed by atoms with van der Waals surface area (Å²) in [4.78, 5) is 16.1. The molecule has 0 aliphatic carbocycles. The number of nitrogens with one attached hydrogen (secondary N) is 3. The SMILES string of the molecule is CCNc1nc(Nc2cc(C)cc(Br)c2)c2[nH]cnc2n1. The van der Waals surface area contributed by atoms with Gasteiger partial charge in [0.05, 0.1) is 6.33 Å². The highest BCUT2D eigenvalue weighted by Crippen LogP contribution is 2.25. The van der Waals surface area contributed by atoms with E-state index in [0.29, 0.717) is 17.4 Å². The maximum atomic E-state index is 4.50. The molecule has 6 nitrogen and oxygen atoms in total. The standard InChI is InChI=1S/C14H15BrN6/c1-3-16-14-20-12-11(17-7-18-12)13(21-14)19-10-5-8(2)4-9(15)6-10/h4-7H,3H2,1-2H3,(H3,16,17,18,19,20,21). The van der Waals surface area contributed by atoms with E-state index < -0.39 is 0 Å². The maximum Gasteiger partial charge on any atom is 0.226 e. The Morgan fingerprint density at radius 3 is 2.86 bits per heavy atom. The number of hydrogen-bond acceptors (Lipinski definition) is 5. The van der Waals surface area contributed by atoms with Gasteiger partial charge in [0.2, 0.25) is 5.95 Å². The molecule has 0 amide bonds. The first kappa shape index (κ1) is 13.8. The van der Waals surface area contributed by atoms with Crippen LogP contribution in [0.15, 0.2) is 29.0 Å². The van der Waals surface area contributed by atoms with Crippen LogP contribution in [0.4, 0.5) is 17.5 Å². The number of fused-ring (bicyclic) bond motifs is 1. The fourth-order valence-corrected chi connectivity index (χ4v) is 2.71. The van der Waals surface area contributed by atoms with Crippen molar-refractivity contribution in [1.82, 2.24) is 19.9 Å². The Kier molecular flexibility index (Phi) is 3.74. The molecule has 21 heavy (non-hydrogen) atoms. The van der Waals surface area contributed by atoms with E-state index in [9.17, 15) is 0 Å². The molecule has 7 heteroatoms. The lowest BCUT2D eigenvalue weighted by molar-refractivity contribution is 1.10. The molecule has 0 bridgehead atoms. The molecule has 0 aliphatic rings. The van der Waals surface area contributed by atoms with Crippen molar-refractivity contribution >= 4 is 44.5 Å². The zero-order chi connectivity index (χ0) is 14.8. The number of nitrogens with zero attached hydrogens (tertiary/aromatic N) is 3. The summed E-state index contributed by atoms with van der Waals surface area (Å²) in [6, 6.07) is 6.12. The monoisotopic (exact) mass is 346 g/mol. The quantitative estimate of drug-likeness (QED) is 0.672. The van der Waals surface area contributed by atoms with Crippen molar-refractivity contribution in [2.75, 3.05) is 17.2 Å². The molecule has 3 aromatic rings. The Bertz CT molecular complexity index is 762. The first-order chi connectivity index (χ1) is 10.2. The molecule has 108 valence electrons. The fourth-order valence-electron chi connectivity index (χ4n) is 2.11. The van der Waals surface area contributed by atoms with Crippen LogP contribution in [-0.4, -0.2) is 26.5 Å². The molecule has 0 saturated carbocycles. The number of aromatic amines is 1. The second-order valence-electron chi connectivity index (χ2n) is 4.67. The molecule has 2 aromatic heterocycles. The summed E-state index contributed by atoms with van der Waals surface area (Å²) in [6.07, 6.45) is 1.62. The number of aryl methyl sites for hydroxylation is 1. The molecule has 3 N–H and O–H groups in total. The normalized spacial score (nSPS) is 10.8. The van der Waals surface area contributed by atoms with E-state index in [2.05, 4.69) is 58.6 Å². The van der Waals surface area contributed by atoms with E-state index in [0.717, 1.165) is 27.8 Å². The molecular weight excluding hydrogens is 332 g/mol. The van der Waals surface area contributed by atoms with Crippen LogP contribution in [-0.2, 0) is 0 Å². The molecule has 0 unspecified atom stereocenters. The van der Waals surface area contributed by atoms with Crippen LogP contribution in [0.1, 0.15) is 12.5 Å². The molecule has 0 saturated heterocycles. The molecule has 0 radical (unpaired) electrons. The van der Waals surface area contributed by atoms with Gasteiger partial charge in [0, 0.05) is 16.7 Å². The van der Waals surface area contributed by atoms with Crippen molar-refractivity contribution < 1.29 is 0 Å². The Morgan fingerprint density at radius 2 is 2.10 bits per heavy atom. The minimum Gasteiger partial charge on any atom is -0.354 e. The number of hydrogen-bond donors (Lipinski definition) is 3. The third-order valence-electron chi connectivity index (χ3n) is 2.93. The lowest BCUT2D eigenvalue weighted by Crippen LogP contribution is -2.05. The summed E-state index contributed by atoms with van der Waals surface area (Å²) in [7, 11) is 0. The molecule has 0 spiro atoms. The van der Waals surface area contributed by atoms with Crippen LogP contribution in [0.25, 0.3) is 11.2 Å². The summed E-state index contributed by atoms with van der Waals surface area (Å²) in [5.74, 6) is 1.26. The van der Waals surface area contributed by atoms with E-state index >= 15 is 0 Å². The smallest absolute Gasteiger partial charge is 0.226 e. The Morgan fingerprint density at radius 1 is 1.24 bits per heavy atom. The first-order valence-electron chi connectivity index (χ1n) is 6.65. The molecule has 1 aromatic carbocycles. The van der Waals surface area contributed by atoms with Gasteiger partial charge < -0.3 is 15.6 Å². The molecule has 0 atom stereocenters. The van der Waals surface area contributed by atoms with Gasteiger partial charge in [0.15, 0.2) is 11.5 Å². The Balaban J connectivity index is 2.04. The lowest BCUT2D eigenvalue weighted by atomic mass is 10.2. The first-order valence-corrected chi connectivity index (χ1v) is 7.44. The van der Waals surface area contributed by atoms with Gasteiger partial charge in [-0.3, -0.25) is 0 Å². The highest BCUT2D eigenvalue weighted by molar-refractivity contribution is 9.10. The van der Waals surface area contributed by atoms with Crippen molar-refractivity contribution in [1.29, 1.82) is 0 Å². The lowest BCUT2D eigenvalue weighted by Gasteiger charge is -2.10. The molecule has 0 aliphatic heterocycles. The predicted molar refractivity (Wildman–Crippen MR) is 88.0 cm³/mol. The summed E-state index contributed by atoms with van der Waals surface area (Å²) < 4.78 is 1.02. The second kappa shape index (κ2) is 5.69. The topological polar surface area (TPSA) is 78.5 Å². The molecular formula is C14H15BrN6. The van der Waals surface area contributed by atoms with Crippen LogP contribution < -0.4 is 10.6 Å². The predicted octanol–water partition coefficient (Wildman–Crippen LogP) is 3.60. The van der Waals surface area contributed by atoms with Crippen molar-refractivity contribution in [3.05, 3.63) is 34.6 Å². The zero-order valence-corrected chi connectivity index (χ0v) is 13.3. The number of H-pyrrole nitrogens is 1. The summed E-state index contributed by atoms with van der Waals surface area (Å²) in [5.41, 5.74) is 3.54. The average molecular weight is 347 g/mol. The van der Waals surface area contributed by atoms with E-state index in [-0.39, 0.29) is 0 Å². The minimum absolute atomic E-state index is 0.561. The number of rotatable bonds is 4. The maximum absolute atomic E-state index is 4.50. The number of halogens is 1. The Hall–Kier alpha value is -2.15. The number of aromatic nitrogens is 4. The fraction of sp³-hybridized carbons (Fsp3) is 0.214.